The number of aryl methyl sites for hydroxylation is 3. The Morgan fingerprint density at radius 3 is 2.54 bits per heavy atom. The maximum absolute atomic E-state index is 13.0. The van der Waals surface area contributed by atoms with Crippen molar-refractivity contribution in [3.05, 3.63) is 70.4 Å². The van der Waals surface area contributed by atoms with Crippen LogP contribution in [0.25, 0.3) is 16.7 Å². The van der Waals surface area contributed by atoms with Gasteiger partial charge in [-0.15, -0.1) is 0 Å². The normalized spacial score (nSPS) is 11.3. The van der Waals surface area contributed by atoms with Crippen LogP contribution in [-0.2, 0) is 10.2 Å². The lowest BCUT2D eigenvalue weighted by atomic mass is 9.86. The molecule has 0 atom stereocenters. The average molecular weight is 498 g/mol. The zero-order valence-electron chi connectivity index (χ0n) is 22.3. The summed E-state index contributed by atoms with van der Waals surface area (Å²) in [6.45, 7) is 12.0. The Balaban J connectivity index is 1.62. The van der Waals surface area contributed by atoms with Crippen LogP contribution in [0.5, 0.6) is 11.5 Å². The van der Waals surface area contributed by atoms with Crippen molar-refractivity contribution in [2.45, 2.75) is 47.0 Å². The summed E-state index contributed by atoms with van der Waals surface area (Å²) >= 11 is 0. The van der Waals surface area contributed by atoms with Crippen LogP contribution in [-0.4, -0.2) is 34.4 Å². The molecule has 2 aromatic carbocycles. The third-order valence-electron chi connectivity index (χ3n) is 6.16. The van der Waals surface area contributed by atoms with Crippen molar-refractivity contribution in [3.63, 3.8) is 0 Å². The van der Waals surface area contributed by atoms with Gasteiger partial charge in [-0.3, -0.25) is 4.79 Å². The van der Waals surface area contributed by atoms with Gasteiger partial charge in [-0.1, -0.05) is 32.4 Å². The van der Waals surface area contributed by atoms with E-state index in [-0.39, 0.29) is 23.4 Å². The van der Waals surface area contributed by atoms with Crippen molar-refractivity contribution in [3.8, 4) is 23.4 Å². The average Bonchev–Trinajstić information content (AvgIpc) is 3.25. The minimum Gasteiger partial charge on any atom is -0.497 e. The smallest absolute Gasteiger partial charge is 0.263 e. The summed E-state index contributed by atoms with van der Waals surface area (Å²) in [5, 5.41) is 17.9. The number of ether oxygens (including phenoxy) is 2. The maximum Gasteiger partial charge on any atom is 0.263 e. The Hall–Kier alpha value is -4.38. The molecule has 0 aliphatic rings. The molecule has 4 aromatic rings. The molecule has 0 aliphatic carbocycles. The largest absolute Gasteiger partial charge is 0.497 e. The van der Waals surface area contributed by atoms with Crippen LogP contribution in [0.2, 0.25) is 0 Å². The molecule has 8 nitrogen and oxygen atoms in total. The van der Waals surface area contributed by atoms with Gasteiger partial charge in [-0.2, -0.15) is 15.0 Å². The summed E-state index contributed by atoms with van der Waals surface area (Å²) in [7, 11) is 1.61. The first-order valence-corrected chi connectivity index (χ1v) is 12.0. The summed E-state index contributed by atoms with van der Waals surface area (Å²) in [5.41, 5.74) is 5.01. The molecule has 0 unspecified atom stereocenters. The van der Waals surface area contributed by atoms with Crippen molar-refractivity contribution in [2.75, 3.05) is 19.0 Å². The molecule has 0 radical (unpaired) electrons. The molecular weight excluding hydrogens is 466 g/mol. The minimum absolute atomic E-state index is 0.219. The van der Waals surface area contributed by atoms with E-state index in [0.717, 1.165) is 33.2 Å². The van der Waals surface area contributed by atoms with Gasteiger partial charge in [0.15, 0.2) is 18.2 Å². The minimum atomic E-state index is -0.418. The highest BCUT2D eigenvalue weighted by molar-refractivity contribution is 5.93. The van der Waals surface area contributed by atoms with E-state index in [1.54, 1.807) is 19.2 Å². The molecule has 0 aliphatic heterocycles. The lowest BCUT2D eigenvalue weighted by molar-refractivity contribution is -0.118. The summed E-state index contributed by atoms with van der Waals surface area (Å²) < 4.78 is 12.7. The van der Waals surface area contributed by atoms with Gasteiger partial charge in [-0.05, 0) is 67.6 Å². The first kappa shape index (κ1) is 25.7. The molecule has 190 valence electrons. The van der Waals surface area contributed by atoms with Gasteiger partial charge in [0.05, 0.1) is 18.8 Å². The van der Waals surface area contributed by atoms with Crippen molar-refractivity contribution in [2.24, 2.45) is 0 Å². The van der Waals surface area contributed by atoms with E-state index in [0.29, 0.717) is 17.3 Å². The predicted octanol–water partition coefficient (Wildman–Crippen LogP) is 5.54. The van der Waals surface area contributed by atoms with Crippen LogP contribution in [0.3, 0.4) is 0 Å². The maximum atomic E-state index is 13.0. The number of nitrogens with one attached hydrogen (secondary N) is 1. The number of carbonyl (C=O) groups excluding carboxylic acids is 1. The molecule has 37 heavy (non-hydrogen) atoms. The highest BCUT2D eigenvalue weighted by atomic mass is 16.5. The molecule has 0 fully saturated rings. The van der Waals surface area contributed by atoms with Gasteiger partial charge in [-0.25, -0.2) is 4.98 Å². The predicted molar refractivity (Wildman–Crippen MR) is 144 cm³/mol. The molecular formula is C29H31N5O3. The fourth-order valence-electron chi connectivity index (χ4n) is 4.32. The summed E-state index contributed by atoms with van der Waals surface area (Å²) in [5.74, 6) is 1.65. The second-order valence-corrected chi connectivity index (χ2v) is 10.2. The van der Waals surface area contributed by atoms with E-state index in [9.17, 15) is 10.1 Å². The number of amides is 1. The number of methoxy groups -OCH3 is 1. The molecule has 8 heteroatoms. The van der Waals surface area contributed by atoms with E-state index in [2.05, 4.69) is 56.3 Å². The van der Waals surface area contributed by atoms with Crippen molar-refractivity contribution >= 4 is 22.6 Å². The number of anilines is 1. The second-order valence-electron chi connectivity index (χ2n) is 10.2. The molecule has 0 bridgehead atoms. The van der Waals surface area contributed by atoms with E-state index in [1.807, 2.05) is 26.0 Å². The van der Waals surface area contributed by atoms with E-state index in [1.165, 1.54) is 10.9 Å². The quantitative estimate of drug-likeness (QED) is 0.375. The van der Waals surface area contributed by atoms with Crippen LogP contribution in [0, 0.1) is 32.1 Å². The van der Waals surface area contributed by atoms with Gasteiger partial charge in [0.1, 0.15) is 23.1 Å². The highest BCUT2D eigenvalue weighted by Gasteiger charge is 2.22. The molecule has 0 saturated carbocycles. The zero-order valence-corrected chi connectivity index (χ0v) is 22.3. The van der Waals surface area contributed by atoms with Crippen molar-refractivity contribution < 1.29 is 14.3 Å². The Kier molecular flexibility index (Phi) is 6.90. The van der Waals surface area contributed by atoms with Crippen molar-refractivity contribution in [1.82, 2.24) is 14.8 Å². The number of carbonyl (C=O) groups is 1. The number of rotatable bonds is 6. The zero-order chi connectivity index (χ0) is 26.9. The van der Waals surface area contributed by atoms with E-state index in [4.69, 9.17) is 14.5 Å². The molecule has 1 amide bonds. The van der Waals surface area contributed by atoms with Gasteiger partial charge in [0, 0.05) is 10.9 Å². The number of hydrogen-bond acceptors (Lipinski definition) is 6. The van der Waals surface area contributed by atoms with Crippen LogP contribution in [0.15, 0.2) is 42.6 Å². The third-order valence-corrected chi connectivity index (χ3v) is 6.16. The first-order chi connectivity index (χ1) is 17.5. The van der Waals surface area contributed by atoms with E-state index >= 15 is 0 Å². The topological polar surface area (TPSA) is 102 Å². The fourth-order valence-corrected chi connectivity index (χ4v) is 4.32. The van der Waals surface area contributed by atoms with Crippen LogP contribution >= 0.6 is 0 Å². The number of aromatic nitrogens is 3. The Morgan fingerprint density at radius 2 is 1.86 bits per heavy atom. The van der Waals surface area contributed by atoms with Crippen LogP contribution in [0.4, 0.5) is 5.82 Å². The van der Waals surface area contributed by atoms with Gasteiger partial charge in [0.2, 0.25) is 0 Å². The van der Waals surface area contributed by atoms with Crippen LogP contribution < -0.4 is 14.8 Å². The Bertz CT molecular complexity index is 1540. The van der Waals surface area contributed by atoms with Gasteiger partial charge < -0.3 is 14.8 Å². The number of hydrogen-bond donors (Lipinski definition) is 1. The standard InChI is InChI=1S/C29H31N5O3/c1-17-10-19(3)27-22(11-17)18(2)12-25(32-27)34-28(20(14-30)15-31-34)33-26(35)16-37-24-9-8-21(36-7)13-23(24)29(4,5)6/h8-13,15H,16H2,1-7H3,(H,33,35). The Morgan fingerprint density at radius 1 is 1.11 bits per heavy atom. The lowest BCUT2D eigenvalue weighted by Crippen LogP contribution is -2.24. The Labute approximate surface area is 216 Å². The summed E-state index contributed by atoms with van der Waals surface area (Å²) in [6, 6.07) is 13.7. The molecule has 0 saturated heterocycles. The van der Waals surface area contributed by atoms with Crippen molar-refractivity contribution in [1.29, 1.82) is 5.26 Å². The van der Waals surface area contributed by atoms with E-state index < -0.39 is 5.91 Å². The number of fused-ring (bicyclic) bond motifs is 1. The van der Waals surface area contributed by atoms with Gasteiger partial charge >= 0.3 is 0 Å². The number of nitrogens with zero attached hydrogens (tertiary/aromatic N) is 4. The second kappa shape index (κ2) is 9.94. The van der Waals surface area contributed by atoms with Gasteiger partial charge in [0.25, 0.3) is 5.91 Å². The third kappa shape index (κ3) is 5.26. The lowest BCUT2D eigenvalue weighted by Gasteiger charge is -2.23. The summed E-state index contributed by atoms with van der Waals surface area (Å²) in [6.07, 6.45) is 1.42. The van der Waals surface area contributed by atoms with Crippen LogP contribution in [0.1, 0.15) is 48.6 Å². The molecule has 2 aromatic heterocycles. The molecule has 1 N–H and O–H groups in total. The monoisotopic (exact) mass is 497 g/mol. The summed E-state index contributed by atoms with van der Waals surface area (Å²) in [4.78, 5) is 17.8. The number of benzene rings is 2. The fraction of sp³-hybridized carbons (Fsp3) is 0.310. The molecule has 0 spiro atoms. The SMILES string of the molecule is COc1ccc(OCC(=O)Nc2c(C#N)cnn2-c2cc(C)c3cc(C)cc(C)c3n2)c(C(C)(C)C)c1. The first-order valence-electron chi connectivity index (χ1n) is 12.0. The molecule has 4 rings (SSSR count). The number of pyridine rings is 1. The highest BCUT2D eigenvalue weighted by Crippen LogP contribution is 2.34. The molecule has 2 heterocycles. The number of nitriles is 1.